The van der Waals surface area contributed by atoms with Crippen LogP contribution < -0.4 is 24.8 Å². The molecule has 11 heteroatoms. The minimum atomic E-state index is -0.384. The molecular weight excluding hydrogens is 470 g/mol. The fourth-order valence-corrected chi connectivity index (χ4v) is 4.26. The SMILES string of the molecule is COc1cccc(NC(=O)CSc2nnc(C(NC(=O)c3ccc4c(c3)OCO4)C(C)C)n2C)c1. The number of hydrogen-bond donors (Lipinski definition) is 2. The maximum absolute atomic E-state index is 13.0. The Morgan fingerprint density at radius 3 is 2.71 bits per heavy atom. The van der Waals surface area contributed by atoms with Gasteiger partial charge >= 0.3 is 0 Å². The Morgan fingerprint density at radius 1 is 1.14 bits per heavy atom. The number of rotatable bonds is 9. The van der Waals surface area contributed by atoms with E-state index < -0.39 is 0 Å². The van der Waals surface area contributed by atoms with E-state index in [1.807, 2.05) is 27.0 Å². The zero-order valence-corrected chi connectivity index (χ0v) is 20.7. The van der Waals surface area contributed by atoms with Gasteiger partial charge in [-0.3, -0.25) is 9.59 Å². The van der Waals surface area contributed by atoms with Crippen molar-refractivity contribution in [3.63, 3.8) is 0 Å². The molecular formula is C24H27N5O5S. The average molecular weight is 498 g/mol. The first kappa shape index (κ1) is 24.4. The number of anilines is 1. The average Bonchev–Trinajstić information content (AvgIpc) is 3.46. The van der Waals surface area contributed by atoms with Crippen LogP contribution in [0.2, 0.25) is 0 Å². The number of thioether (sulfide) groups is 1. The first-order chi connectivity index (χ1) is 16.9. The molecule has 0 saturated heterocycles. The van der Waals surface area contributed by atoms with E-state index in [-0.39, 0.29) is 36.3 Å². The van der Waals surface area contributed by atoms with E-state index in [0.29, 0.717) is 39.5 Å². The first-order valence-electron chi connectivity index (χ1n) is 11.0. The van der Waals surface area contributed by atoms with E-state index in [0.717, 1.165) is 0 Å². The molecule has 10 nitrogen and oxygen atoms in total. The molecule has 4 rings (SSSR count). The molecule has 1 aliphatic rings. The normalized spacial score (nSPS) is 12.9. The third-order valence-corrected chi connectivity index (χ3v) is 6.44. The number of nitrogens with zero attached hydrogens (tertiary/aromatic N) is 3. The summed E-state index contributed by atoms with van der Waals surface area (Å²) in [6, 6.07) is 11.8. The summed E-state index contributed by atoms with van der Waals surface area (Å²) in [5.41, 5.74) is 1.12. The lowest BCUT2D eigenvalue weighted by atomic mass is 10.0. The molecule has 2 aromatic carbocycles. The van der Waals surface area contributed by atoms with Gasteiger partial charge in [-0.25, -0.2) is 0 Å². The van der Waals surface area contributed by atoms with Gasteiger partial charge in [0.2, 0.25) is 12.7 Å². The Kier molecular flexibility index (Phi) is 7.45. The number of methoxy groups -OCH3 is 1. The Labute approximate surface area is 207 Å². The van der Waals surface area contributed by atoms with E-state index in [2.05, 4.69) is 20.8 Å². The third-order valence-electron chi connectivity index (χ3n) is 5.42. The van der Waals surface area contributed by atoms with Crippen LogP contribution in [-0.4, -0.2) is 46.2 Å². The number of fused-ring (bicyclic) bond motifs is 1. The predicted molar refractivity (Wildman–Crippen MR) is 131 cm³/mol. The van der Waals surface area contributed by atoms with E-state index in [4.69, 9.17) is 14.2 Å². The Morgan fingerprint density at radius 2 is 1.94 bits per heavy atom. The highest BCUT2D eigenvalue weighted by molar-refractivity contribution is 7.99. The van der Waals surface area contributed by atoms with Crippen molar-refractivity contribution in [2.75, 3.05) is 25.0 Å². The number of hydrogen-bond acceptors (Lipinski definition) is 8. The molecule has 0 radical (unpaired) electrons. The Bertz CT molecular complexity index is 1230. The van der Waals surface area contributed by atoms with E-state index in [9.17, 15) is 9.59 Å². The summed E-state index contributed by atoms with van der Waals surface area (Å²) in [5.74, 6) is 2.20. The van der Waals surface area contributed by atoms with E-state index in [1.165, 1.54) is 11.8 Å². The van der Waals surface area contributed by atoms with Crippen LogP contribution in [0.4, 0.5) is 5.69 Å². The molecule has 2 heterocycles. The van der Waals surface area contributed by atoms with Gasteiger partial charge in [-0.15, -0.1) is 10.2 Å². The van der Waals surface area contributed by atoms with Crippen molar-refractivity contribution in [1.82, 2.24) is 20.1 Å². The Balaban J connectivity index is 1.40. The maximum Gasteiger partial charge on any atom is 0.252 e. The van der Waals surface area contributed by atoms with Gasteiger partial charge in [-0.1, -0.05) is 31.7 Å². The van der Waals surface area contributed by atoms with Crippen molar-refractivity contribution < 1.29 is 23.8 Å². The third kappa shape index (κ3) is 5.68. The molecule has 0 bridgehead atoms. The zero-order chi connectivity index (χ0) is 24.9. The van der Waals surface area contributed by atoms with Crippen molar-refractivity contribution in [2.24, 2.45) is 13.0 Å². The molecule has 1 unspecified atom stereocenters. The molecule has 0 aliphatic carbocycles. The molecule has 1 aliphatic heterocycles. The second-order valence-electron chi connectivity index (χ2n) is 8.23. The molecule has 0 saturated carbocycles. The standard InChI is InChI=1S/C24H27N5O5S/c1-14(2)21(26-23(31)15-8-9-18-19(10-15)34-13-33-18)22-27-28-24(29(22)3)35-12-20(30)25-16-6-5-7-17(11-16)32-4/h5-11,14,21H,12-13H2,1-4H3,(H,25,30)(H,26,31). The predicted octanol–water partition coefficient (Wildman–Crippen LogP) is 3.41. The van der Waals surface area contributed by atoms with Gasteiger partial charge in [0.1, 0.15) is 5.75 Å². The smallest absolute Gasteiger partial charge is 0.252 e. The summed E-state index contributed by atoms with van der Waals surface area (Å²) >= 11 is 1.27. The van der Waals surface area contributed by atoms with Crippen molar-refractivity contribution in [3.05, 3.63) is 53.9 Å². The van der Waals surface area contributed by atoms with Gasteiger partial charge in [0, 0.05) is 24.4 Å². The van der Waals surface area contributed by atoms with Gasteiger partial charge in [-0.2, -0.15) is 0 Å². The molecule has 1 atom stereocenters. The molecule has 2 N–H and O–H groups in total. The summed E-state index contributed by atoms with van der Waals surface area (Å²) in [7, 11) is 3.39. The minimum absolute atomic E-state index is 0.0464. The van der Waals surface area contributed by atoms with Crippen LogP contribution in [-0.2, 0) is 11.8 Å². The van der Waals surface area contributed by atoms with Crippen LogP contribution in [0.5, 0.6) is 17.2 Å². The molecule has 0 spiro atoms. The van der Waals surface area contributed by atoms with Crippen LogP contribution >= 0.6 is 11.8 Å². The summed E-state index contributed by atoms with van der Waals surface area (Å²) < 4.78 is 17.7. The van der Waals surface area contributed by atoms with Crippen LogP contribution in [0.15, 0.2) is 47.6 Å². The van der Waals surface area contributed by atoms with E-state index in [1.54, 1.807) is 48.1 Å². The fraction of sp³-hybridized carbons (Fsp3) is 0.333. The quantitative estimate of drug-likeness (QED) is 0.432. The van der Waals surface area contributed by atoms with Gasteiger partial charge in [0.15, 0.2) is 22.5 Å². The summed E-state index contributed by atoms with van der Waals surface area (Å²) in [5, 5.41) is 15.0. The van der Waals surface area contributed by atoms with Crippen LogP contribution in [0.3, 0.4) is 0 Å². The van der Waals surface area contributed by atoms with Crippen molar-refractivity contribution in [2.45, 2.75) is 25.0 Å². The molecule has 2 amide bonds. The lowest BCUT2D eigenvalue weighted by molar-refractivity contribution is -0.113. The van der Waals surface area contributed by atoms with Gasteiger partial charge < -0.3 is 29.4 Å². The number of aromatic nitrogens is 3. The number of carbonyl (C=O) groups is 2. The Hall–Kier alpha value is -3.73. The fourth-order valence-electron chi connectivity index (χ4n) is 3.54. The number of benzene rings is 2. The lowest BCUT2D eigenvalue weighted by Gasteiger charge is -2.21. The monoisotopic (exact) mass is 497 g/mol. The number of carbonyl (C=O) groups excluding carboxylic acids is 2. The molecule has 0 fully saturated rings. The highest BCUT2D eigenvalue weighted by Crippen LogP contribution is 2.33. The highest BCUT2D eigenvalue weighted by Gasteiger charge is 2.26. The summed E-state index contributed by atoms with van der Waals surface area (Å²) in [6.45, 7) is 4.13. The van der Waals surface area contributed by atoms with Crippen LogP contribution in [0, 0.1) is 5.92 Å². The van der Waals surface area contributed by atoms with Crippen molar-refractivity contribution in [3.8, 4) is 17.2 Å². The molecule has 184 valence electrons. The molecule has 1 aromatic heterocycles. The first-order valence-corrected chi connectivity index (χ1v) is 12.0. The van der Waals surface area contributed by atoms with Gasteiger partial charge in [-0.05, 0) is 36.2 Å². The minimum Gasteiger partial charge on any atom is -0.497 e. The van der Waals surface area contributed by atoms with Crippen LogP contribution in [0.1, 0.15) is 36.1 Å². The maximum atomic E-state index is 13.0. The molecule has 35 heavy (non-hydrogen) atoms. The van der Waals surface area contributed by atoms with Gasteiger partial charge in [0.25, 0.3) is 5.91 Å². The molecule has 3 aromatic rings. The summed E-state index contributed by atoms with van der Waals surface area (Å²) in [4.78, 5) is 25.4. The van der Waals surface area contributed by atoms with E-state index >= 15 is 0 Å². The zero-order valence-electron chi connectivity index (χ0n) is 19.9. The van der Waals surface area contributed by atoms with Crippen molar-refractivity contribution in [1.29, 1.82) is 0 Å². The van der Waals surface area contributed by atoms with Gasteiger partial charge in [0.05, 0.1) is 18.9 Å². The highest BCUT2D eigenvalue weighted by atomic mass is 32.2. The summed E-state index contributed by atoms with van der Waals surface area (Å²) in [6.07, 6.45) is 0. The second-order valence-corrected chi connectivity index (χ2v) is 9.17. The number of nitrogens with one attached hydrogen (secondary N) is 2. The number of amides is 2. The largest absolute Gasteiger partial charge is 0.497 e. The second kappa shape index (κ2) is 10.7. The topological polar surface area (TPSA) is 117 Å². The van der Waals surface area contributed by atoms with Crippen molar-refractivity contribution >= 4 is 29.3 Å². The number of ether oxygens (including phenoxy) is 3. The lowest BCUT2D eigenvalue weighted by Crippen LogP contribution is -2.33. The van der Waals surface area contributed by atoms with Crippen LogP contribution in [0.25, 0.3) is 0 Å².